The van der Waals surface area contributed by atoms with E-state index in [9.17, 15) is 13.2 Å². The quantitative estimate of drug-likeness (QED) is 0.267. The van der Waals surface area contributed by atoms with Crippen molar-refractivity contribution in [3.8, 4) is 0 Å². The first-order chi connectivity index (χ1) is 16.2. The van der Waals surface area contributed by atoms with Crippen molar-refractivity contribution in [1.29, 1.82) is 0 Å². The summed E-state index contributed by atoms with van der Waals surface area (Å²) in [5.74, 6) is 0. The smallest absolute Gasteiger partial charge is 0.166 e. The van der Waals surface area contributed by atoms with E-state index in [1.54, 1.807) is 12.1 Å². The molecule has 0 bridgehead atoms. The molecule has 0 fully saturated rings. The van der Waals surface area contributed by atoms with Crippen molar-refractivity contribution >= 4 is 23.2 Å². The number of hydrogen-bond acceptors (Lipinski definition) is 0. The van der Waals surface area contributed by atoms with Crippen LogP contribution in [-0.2, 0) is 22.4 Å². The molecule has 0 nitrogen and oxygen atoms in total. The van der Waals surface area contributed by atoms with E-state index in [2.05, 4.69) is 71.9 Å². The van der Waals surface area contributed by atoms with Crippen LogP contribution in [0.3, 0.4) is 0 Å². The highest BCUT2D eigenvalue weighted by atomic mass is 35.5. The number of hydrogen-bond donors (Lipinski definition) is 0. The Morgan fingerprint density at radius 1 is 0.444 bits per heavy atom. The minimum Gasteiger partial charge on any atom is -0.166 e. The summed E-state index contributed by atoms with van der Waals surface area (Å²) in [7, 11) is 0. The zero-order valence-corrected chi connectivity index (χ0v) is 24.3. The second-order valence-corrected chi connectivity index (χ2v) is 12.7. The Balaban J connectivity index is 0.000000274. The number of rotatable bonds is 0. The van der Waals surface area contributed by atoms with E-state index in [0.29, 0.717) is 21.0 Å². The summed E-state index contributed by atoms with van der Waals surface area (Å²) in [5, 5.41) is 1.40. The average molecular weight is 540 g/mol. The Morgan fingerprint density at radius 3 is 1.19 bits per heavy atom. The van der Waals surface area contributed by atoms with Crippen molar-refractivity contribution in [2.24, 2.45) is 0 Å². The monoisotopic (exact) mass is 538 g/mol. The Bertz CT molecular complexity index is 1030. The van der Waals surface area contributed by atoms with Gasteiger partial charge < -0.3 is 0 Å². The SMILES string of the molecule is CC(C)(C)c1cc(Cl)cc(Cl)c1.CC(C)(C)c1cccc(C(F)(F)F)c1.CC(C)(C)c1ccccc1. The third kappa shape index (κ3) is 11.4. The van der Waals surface area contributed by atoms with E-state index >= 15 is 0 Å². The maximum Gasteiger partial charge on any atom is 0.416 e. The number of benzene rings is 3. The summed E-state index contributed by atoms with van der Waals surface area (Å²) < 4.78 is 37.1. The molecular weight excluding hydrogens is 500 g/mol. The van der Waals surface area contributed by atoms with Crippen molar-refractivity contribution in [3.05, 3.63) is 105 Å². The van der Waals surface area contributed by atoms with E-state index in [1.807, 2.05) is 32.9 Å². The summed E-state index contributed by atoms with van der Waals surface area (Å²) in [6.07, 6.45) is -4.25. The van der Waals surface area contributed by atoms with Crippen LogP contribution in [-0.4, -0.2) is 0 Å². The molecule has 0 saturated carbocycles. The van der Waals surface area contributed by atoms with Crippen LogP contribution in [0.15, 0.2) is 72.8 Å². The van der Waals surface area contributed by atoms with Crippen molar-refractivity contribution in [1.82, 2.24) is 0 Å². The lowest BCUT2D eigenvalue weighted by Gasteiger charge is -2.20. The van der Waals surface area contributed by atoms with Crippen LogP contribution >= 0.6 is 23.2 Å². The molecule has 0 heterocycles. The Labute approximate surface area is 225 Å². The topological polar surface area (TPSA) is 0 Å². The minimum atomic E-state index is -4.25. The van der Waals surface area contributed by atoms with Gasteiger partial charge in [0.05, 0.1) is 5.56 Å². The molecule has 0 aliphatic heterocycles. The molecule has 3 aromatic rings. The van der Waals surface area contributed by atoms with E-state index in [4.69, 9.17) is 23.2 Å². The molecule has 3 aromatic carbocycles. The maximum absolute atomic E-state index is 12.4. The van der Waals surface area contributed by atoms with Crippen LogP contribution in [0.25, 0.3) is 0 Å². The van der Waals surface area contributed by atoms with E-state index in [0.717, 1.165) is 6.07 Å². The first kappa shape index (κ1) is 32.1. The summed E-state index contributed by atoms with van der Waals surface area (Å²) in [4.78, 5) is 0. The van der Waals surface area contributed by atoms with Gasteiger partial charge in [-0.1, -0.05) is 134 Å². The molecule has 198 valence electrons. The lowest BCUT2D eigenvalue weighted by Crippen LogP contribution is -2.13. The number of halogens is 5. The van der Waals surface area contributed by atoms with Crippen molar-refractivity contribution < 1.29 is 13.2 Å². The highest BCUT2D eigenvalue weighted by Crippen LogP contribution is 2.32. The fourth-order valence-corrected chi connectivity index (χ4v) is 3.61. The van der Waals surface area contributed by atoms with Gasteiger partial charge in [-0.25, -0.2) is 0 Å². The molecule has 5 heteroatoms. The molecule has 0 unspecified atom stereocenters. The van der Waals surface area contributed by atoms with Crippen molar-refractivity contribution in [2.75, 3.05) is 0 Å². The standard InChI is InChI=1S/C11H13F3.C10H12Cl2.C10H14/c1-10(2,3)8-5-4-6-9(7-8)11(12,13)14;1-10(2,3)7-4-8(11)6-9(12)5-7;1-10(2,3)9-7-5-4-6-8-9/h4-7H,1-3H3;4-6H,1-3H3;4-8H,1-3H3. The van der Waals surface area contributed by atoms with Gasteiger partial charge in [0.25, 0.3) is 0 Å². The largest absolute Gasteiger partial charge is 0.416 e. The predicted molar refractivity (Wildman–Crippen MR) is 150 cm³/mol. The van der Waals surface area contributed by atoms with Crippen molar-refractivity contribution in [3.63, 3.8) is 0 Å². The zero-order chi connectivity index (χ0) is 27.9. The molecule has 0 spiro atoms. The molecule has 0 saturated heterocycles. The molecular formula is C31H39Cl2F3. The van der Waals surface area contributed by atoms with Gasteiger partial charge in [0, 0.05) is 10.0 Å². The highest BCUT2D eigenvalue weighted by Gasteiger charge is 2.31. The first-order valence-corrected chi connectivity index (χ1v) is 12.7. The third-order valence-electron chi connectivity index (χ3n) is 5.42. The first-order valence-electron chi connectivity index (χ1n) is 11.9. The summed E-state index contributed by atoms with van der Waals surface area (Å²) >= 11 is 11.7. The van der Waals surface area contributed by atoms with Gasteiger partial charge in [-0.3, -0.25) is 0 Å². The Kier molecular flexibility index (Phi) is 11.1. The van der Waals surface area contributed by atoms with Crippen LogP contribution in [0.1, 0.15) is 84.6 Å². The minimum absolute atomic E-state index is 0.106. The van der Waals surface area contributed by atoms with Gasteiger partial charge in [-0.05, 0) is 57.2 Å². The van der Waals surface area contributed by atoms with Crippen molar-refractivity contribution in [2.45, 2.75) is 84.7 Å². The van der Waals surface area contributed by atoms with Crippen LogP contribution in [0.2, 0.25) is 10.0 Å². The summed E-state index contributed by atoms with van der Waals surface area (Å²) in [6, 6.07) is 21.7. The molecule has 36 heavy (non-hydrogen) atoms. The second kappa shape index (κ2) is 12.5. The van der Waals surface area contributed by atoms with Crippen LogP contribution in [0.4, 0.5) is 13.2 Å². The fraction of sp³-hybridized carbons (Fsp3) is 0.419. The lowest BCUT2D eigenvalue weighted by molar-refractivity contribution is -0.137. The van der Waals surface area contributed by atoms with Gasteiger partial charge in [-0.15, -0.1) is 0 Å². The van der Waals surface area contributed by atoms with Gasteiger partial charge in [0.2, 0.25) is 0 Å². The average Bonchev–Trinajstić information content (AvgIpc) is 2.72. The normalized spacial score (nSPS) is 12.2. The Hall–Kier alpha value is -1.97. The molecule has 0 amide bonds. The molecule has 0 aromatic heterocycles. The Morgan fingerprint density at radius 2 is 0.833 bits per heavy atom. The van der Waals surface area contributed by atoms with Crippen LogP contribution < -0.4 is 0 Å². The summed E-state index contributed by atoms with van der Waals surface area (Å²) in [5.41, 5.74) is 2.84. The predicted octanol–water partition coefficient (Wildman–Crippen LogP) is 11.3. The lowest BCUT2D eigenvalue weighted by atomic mass is 9.86. The van der Waals surface area contributed by atoms with Gasteiger partial charge in [0.15, 0.2) is 0 Å². The van der Waals surface area contributed by atoms with Crippen LogP contribution in [0.5, 0.6) is 0 Å². The molecule has 0 radical (unpaired) electrons. The van der Waals surface area contributed by atoms with Crippen LogP contribution in [0, 0.1) is 0 Å². The maximum atomic E-state index is 12.4. The van der Waals surface area contributed by atoms with E-state index in [1.165, 1.54) is 23.3 Å². The van der Waals surface area contributed by atoms with E-state index < -0.39 is 11.7 Å². The van der Waals surface area contributed by atoms with Gasteiger partial charge >= 0.3 is 6.18 Å². The zero-order valence-electron chi connectivity index (χ0n) is 22.8. The molecule has 3 rings (SSSR count). The molecule has 0 atom stereocenters. The van der Waals surface area contributed by atoms with Gasteiger partial charge in [0.1, 0.15) is 0 Å². The molecule has 0 aliphatic rings. The highest BCUT2D eigenvalue weighted by molar-refractivity contribution is 6.34. The number of alkyl halides is 3. The molecule has 0 aliphatic carbocycles. The fourth-order valence-electron chi connectivity index (χ4n) is 3.09. The second-order valence-electron chi connectivity index (χ2n) is 11.9. The molecule has 0 N–H and O–H groups in total. The third-order valence-corrected chi connectivity index (χ3v) is 5.86. The van der Waals surface area contributed by atoms with E-state index in [-0.39, 0.29) is 10.8 Å². The summed E-state index contributed by atoms with van der Waals surface area (Å²) in [6.45, 7) is 18.7. The van der Waals surface area contributed by atoms with Gasteiger partial charge in [-0.2, -0.15) is 13.2 Å².